The van der Waals surface area contributed by atoms with Gasteiger partial charge in [-0.15, -0.1) is 0 Å². The summed E-state index contributed by atoms with van der Waals surface area (Å²) >= 11 is 17.0. The maximum atomic E-state index is 13.2. The summed E-state index contributed by atoms with van der Waals surface area (Å²) in [6.07, 6.45) is -3.70. The molecule has 0 aromatic heterocycles. The largest absolute Gasteiger partial charge is 0.508 e. The lowest BCUT2D eigenvalue weighted by atomic mass is 9.90. The molecular formula is C77H100Cl3N3O27. The number of hydrogen-bond acceptors (Lipinski definition) is 28. The lowest BCUT2D eigenvalue weighted by molar-refractivity contribution is -0.446. The molecule has 8 rings (SSSR count). The number of hydrogen-bond donors (Lipinski definition) is 4. The van der Waals surface area contributed by atoms with Gasteiger partial charge in [-0.2, -0.15) is 19.6 Å². The number of aromatic hydroxyl groups is 1. The first-order chi connectivity index (χ1) is 52.1. The Morgan fingerprint density at radius 2 is 0.927 bits per heavy atom. The summed E-state index contributed by atoms with van der Waals surface area (Å²) in [5, 5.41) is 23.9. The number of ether oxygens (including phenoxy) is 13. The van der Waals surface area contributed by atoms with Crippen LogP contribution in [0, 0.1) is 17.2 Å². The van der Waals surface area contributed by atoms with Crippen molar-refractivity contribution in [1.82, 2.24) is 10.6 Å². The number of phenolic OH excluding ortho intramolecular Hbond substituents is 1. The zero-order valence-electron chi connectivity index (χ0n) is 65.5. The fourth-order valence-electron chi connectivity index (χ4n) is 11.9. The Kier molecular flexibility index (Phi) is 34.1. The molecule has 606 valence electrons. The molecule has 0 bridgehead atoms. The van der Waals surface area contributed by atoms with Crippen LogP contribution in [0.3, 0.4) is 0 Å². The molecule has 2 amide bonds. The first-order valence-electron chi connectivity index (χ1n) is 34.8. The van der Waals surface area contributed by atoms with Crippen LogP contribution in [0.2, 0.25) is 0 Å². The monoisotopic (exact) mass is 1600 g/mol. The Morgan fingerprint density at radius 3 is 1.34 bits per heavy atom. The second kappa shape index (κ2) is 41.8. The highest BCUT2D eigenvalue weighted by Crippen LogP contribution is 2.53. The Bertz CT molecular complexity index is 3970. The summed E-state index contributed by atoms with van der Waals surface area (Å²) in [7, 11) is 11.8. The van der Waals surface area contributed by atoms with Crippen LogP contribution < -0.4 is 43.8 Å². The van der Waals surface area contributed by atoms with Crippen molar-refractivity contribution in [3.63, 3.8) is 0 Å². The van der Waals surface area contributed by atoms with Crippen molar-refractivity contribution in [2.75, 3.05) is 56.9 Å². The number of rotatable bonds is 27. The highest BCUT2D eigenvalue weighted by molar-refractivity contribution is 6.76. The van der Waals surface area contributed by atoms with E-state index in [0.717, 1.165) is 73.9 Å². The van der Waals surface area contributed by atoms with Crippen LogP contribution in [0.15, 0.2) is 95.9 Å². The SMILES string of the molecule is COC(=O)[C@H]1O[C@H](OC(=N)C(Cl)(Cl)Cl)[C@H](OOC=C(C)C)[C@@H](C)[C@@H]1OC(=O)C(C)C.COC(=O)[C@H]1O[C@H](Oc2ccc3c(c2)[C@@H](NC(C)=O)CCc2cc(OC)c(OC)c(OC)c2-3)[C@H](OOC=C(C)C)[C@@H](OOC=C(C)C)[C@@H]1OOC=C(C)C.COc1cc2c(c(OC)c1OC)-c1ccc(O)cc1[C@@H](NC(C)=O)CC2. The third-order valence-electron chi connectivity index (χ3n) is 16.8. The van der Waals surface area contributed by atoms with Gasteiger partial charge in [-0.25, -0.2) is 9.59 Å². The molecule has 0 unspecified atom stereocenters. The third kappa shape index (κ3) is 23.5. The molecule has 4 aromatic rings. The normalized spacial score (nSPS) is 21.4. The minimum atomic E-state index is -2.18. The van der Waals surface area contributed by atoms with Crippen molar-refractivity contribution in [3.8, 4) is 68.2 Å². The predicted octanol–water partition coefficient (Wildman–Crippen LogP) is 13.4. The summed E-state index contributed by atoms with van der Waals surface area (Å²) in [5.74, 6) is -0.872. The summed E-state index contributed by atoms with van der Waals surface area (Å²) in [6.45, 7) is 22.2. The van der Waals surface area contributed by atoms with Gasteiger partial charge in [0.2, 0.25) is 41.8 Å². The fourth-order valence-corrected chi connectivity index (χ4v) is 12.0. The highest BCUT2D eigenvalue weighted by Gasteiger charge is 2.57. The fraction of sp³-hybridized carbons (Fsp3) is 0.506. The van der Waals surface area contributed by atoms with Crippen LogP contribution >= 0.6 is 34.8 Å². The Hall–Kier alpha value is -9.11. The summed E-state index contributed by atoms with van der Waals surface area (Å²) in [5.41, 5.74) is 10.0. The maximum Gasteiger partial charge on any atom is 0.339 e. The molecule has 110 heavy (non-hydrogen) atoms. The first-order valence-corrected chi connectivity index (χ1v) is 35.9. The average Bonchev–Trinajstić information content (AvgIpc) is 1.50. The molecule has 12 atom stereocenters. The molecule has 2 heterocycles. The number of nitrogens with one attached hydrogen (secondary N) is 3. The van der Waals surface area contributed by atoms with Gasteiger partial charge in [0.15, 0.2) is 59.6 Å². The molecule has 2 fully saturated rings. The molecule has 4 aromatic carbocycles. The number of allylic oxidation sites excluding steroid dienone is 4. The minimum absolute atomic E-state index is 0.114. The number of alkyl halides is 3. The van der Waals surface area contributed by atoms with Crippen LogP contribution in [-0.4, -0.2) is 157 Å². The van der Waals surface area contributed by atoms with Crippen molar-refractivity contribution in [3.05, 3.63) is 118 Å². The van der Waals surface area contributed by atoms with Gasteiger partial charge in [0, 0.05) is 30.9 Å². The Balaban J connectivity index is 0.000000284. The number of fused-ring (bicyclic) bond motifs is 6. The maximum absolute atomic E-state index is 13.2. The van der Waals surface area contributed by atoms with Gasteiger partial charge in [0.1, 0.15) is 42.7 Å². The number of carbonyl (C=O) groups excluding carboxylic acids is 5. The summed E-state index contributed by atoms with van der Waals surface area (Å²) < 4.78 is 70.7. The first kappa shape index (κ1) is 89.8. The van der Waals surface area contributed by atoms with Crippen LogP contribution in [0.1, 0.15) is 137 Å². The van der Waals surface area contributed by atoms with Gasteiger partial charge in [0.25, 0.3) is 3.79 Å². The van der Waals surface area contributed by atoms with Crippen molar-refractivity contribution >= 4 is 70.4 Å². The van der Waals surface area contributed by atoms with Gasteiger partial charge in [-0.05, 0) is 173 Å². The molecule has 2 aliphatic heterocycles. The smallest absolute Gasteiger partial charge is 0.339 e. The topological polar surface area (TPSA) is 347 Å². The van der Waals surface area contributed by atoms with E-state index in [4.69, 9.17) is 141 Å². The van der Waals surface area contributed by atoms with E-state index < -0.39 is 101 Å². The van der Waals surface area contributed by atoms with E-state index >= 15 is 0 Å². The van der Waals surface area contributed by atoms with E-state index in [1.807, 2.05) is 38.1 Å². The molecular weight excluding hydrogens is 1510 g/mol. The van der Waals surface area contributed by atoms with E-state index in [1.165, 1.54) is 53.1 Å². The number of methoxy groups -OCH3 is 8. The number of carbonyl (C=O) groups is 5. The molecule has 2 aliphatic carbocycles. The van der Waals surface area contributed by atoms with Gasteiger partial charge in [-0.1, -0.05) is 67.7 Å². The molecule has 4 aliphatic rings. The van der Waals surface area contributed by atoms with Crippen LogP contribution in [0.25, 0.3) is 22.3 Å². The lowest BCUT2D eigenvalue weighted by Crippen LogP contribution is -2.63. The number of aryl methyl sites for hydroxylation is 2. The van der Waals surface area contributed by atoms with Crippen molar-refractivity contribution in [2.24, 2.45) is 11.8 Å². The molecule has 4 N–H and O–H groups in total. The summed E-state index contributed by atoms with van der Waals surface area (Å²) in [6, 6.07) is 13.7. The number of halogens is 3. The number of esters is 3. The minimum Gasteiger partial charge on any atom is -0.508 e. The lowest BCUT2D eigenvalue weighted by Gasteiger charge is -2.42. The molecule has 2 saturated heterocycles. The van der Waals surface area contributed by atoms with E-state index in [9.17, 15) is 29.1 Å². The van der Waals surface area contributed by atoms with Gasteiger partial charge in [0.05, 0.1) is 74.9 Å². The Morgan fingerprint density at radius 1 is 0.518 bits per heavy atom. The van der Waals surface area contributed by atoms with Crippen LogP contribution in [-0.2, 0) is 104 Å². The zero-order chi connectivity index (χ0) is 81.6. The molecule has 0 saturated carbocycles. The molecule has 33 heteroatoms. The number of phenols is 1. The van der Waals surface area contributed by atoms with Crippen molar-refractivity contribution < 1.29 is 130 Å². The average molecular weight is 1610 g/mol. The number of benzene rings is 4. The zero-order valence-corrected chi connectivity index (χ0v) is 67.7. The second-order valence-corrected chi connectivity index (χ2v) is 29.0. The van der Waals surface area contributed by atoms with Crippen molar-refractivity contribution in [2.45, 2.75) is 187 Å². The quantitative estimate of drug-likeness (QED) is 0.00629. The van der Waals surface area contributed by atoms with E-state index in [-0.39, 0.29) is 23.6 Å². The number of amides is 2. The Labute approximate surface area is 655 Å². The van der Waals surface area contributed by atoms with Crippen LogP contribution in [0.5, 0.6) is 46.0 Å². The van der Waals surface area contributed by atoms with E-state index in [1.54, 1.807) is 122 Å². The molecule has 0 radical (unpaired) electrons. The van der Waals surface area contributed by atoms with Crippen molar-refractivity contribution in [1.29, 1.82) is 5.41 Å². The third-order valence-corrected chi connectivity index (χ3v) is 17.4. The van der Waals surface area contributed by atoms with Gasteiger partial charge < -0.3 is 96.9 Å². The predicted molar refractivity (Wildman–Crippen MR) is 401 cm³/mol. The highest BCUT2D eigenvalue weighted by atomic mass is 35.6. The van der Waals surface area contributed by atoms with Gasteiger partial charge in [-0.3, -0.25) is 19.8 Å². The summed E-state index contributed by atoms with van der Waals surface area (Å²) in [4.78, 5) is 106. The molecule has 30 nitrogen and oxygen atoms in total. The molecule has 0 spiro atoms. The van der Waals surface area contributed by atoms with E-state index in [2.05, 4.69) is 10.6 Å². The van der Waals surface area contributed by atoms with Crippen LogP contribution in [0.4, 0.5) is 0 Å². The van der Waals surface area contributed by atoms with Gasteiger partial charge >= 0.3 is 17.9 Å². The standard InChI is InChI=1S/C39H51NO14.C20H23NO5.C18H26Cl3NO8/c1-21(2)18-47-52-34-35(53-48-19-22(3)4)37(54-49-20-23(5)6)39(51-36(34)38(42)46-11)50-26-13-14-27-28(17-26)29(40-24(7)41)15-12-25-16-30(43-8)32(44-9)33(45-10)31(25)27;1-11(22)21-16-8-5-12-9-17(24-2)19(25-3)20(26-4)18(12)14-7-6-13(23)10-15(14)16;1-8(2)7-26-30-12-10(5)11(27-14(23)9(3)4)13(15(24)25-6)28-16(12)29-17(22)18(19,20)21/h13-14,16-20,29,34-37,39H,12,15H2,1-11H3,(H,40,41);6-7,9-10,16,23H,5,8H2,1-4H3,(H,21,22);7,9-13,16,22H,1-6H3/t29-,34-,35-,36-,37+,39-;16-;10-,11-,12+,13-,16+/m000/s1. The second-order valence-electron chi connectivity index (χ2n) is 26.7. The van der Waals surface area contributed by atoms with E-state index in [0.29, 0.717) is 65.9 Å².